The summed E-state index contributed by atoms with van der Waals surface area (Å²) >= 11 is 0. The minimum atomic E-state index is -0.615. The Bertz CT molecular complexity index is 842. The number of rotatable bonds is 6. The van der Waals surface area contributed by atoms with Gasteiger partial charge in [-0.1, -0.05) is 49.4 Å². The Morgan fingerprint density at radius 1 is 1.23 bits per heavy atom. The maximum absolute atomic E-state index is 12.2. The second-order valence-corrected chi connectivity index (χ2v) is 6.94. The smallest absolute Gasteiger partial charge is 0.306 e. The Hall–Kier alpha value is -2.76. The van der Waals surface area contributed by atoms with Crippen molar-refractivity contribution in [2.24, 2.45) is 17.8 Å². The lowest BCUT2D eigenvalue weighted by Crippen LogP contribution is -2.27. The number of Topliss-reactive ketones (excluding diaryl/α,β-unsaturated/α-hetero) is 1. The zero-order valence-corrected chi connectivity index (χ0v) is 14.6. The maximum atomic E-state index is 12.2. The summed E-state index contributed by atoms with van der Waals surface area (Å²) in [6.07, 6.45) is 0.201. The number of nitrogens with zero attached hydrogens (tertiary/aromatic N) is 1. The summed E-state index contributed by atoms with van der Waals surface area (Å²) in [6, 6.07) is 13.6. The van der Waals surface area contributed by atoms with E-state index in [2.05, 4.69) is 0 Å². The molecule has 0 heterocycles. The van der Waals surface area contributed by atoms with Crippen molar-refractivity contribution in [1.82, 2.24) is 0 Å². The average Bonchev–Trinajstić information content (AvgIpc) is 2.86. The van der Waals surface area contributed by atoms with Crippen LogP contribution in [-0.4, -0.2) is 23.2 Å². The van der Waals surface area contributed by atoms with Crippen molar-refractivity contribution < 1.29 is 19.2 Å². The molecule has 0 bridgehead atoms. The number of ether oxygens (including phenoxy) is 1. The van der Waals surface area contributed by atoms with Crippen LogP contribution >= 0.6 is 0 Å². The quantitative estimate of drug-likeness (QED) is 0.450. The highest BCUT2D eigenvalue weighted by Crippen LogP contribution is 2.36. The lowest BCUT2D eigenvalue weighted by Gasteiger charge is -2.17. The molecule has 0 amide bonds. The van der Waals surface area contributed by atoms with E-state index in [0.29, 0.717) is 6.42 Å². The molecule has 26 heavy (non-hydrogen) atoms. The number of hydrogen-bond donors (Lipinski definition) is 0. The Balaban J connectivity index is 1.64. The SMILES string of the molecule is C[C@@H]1CC(=O)[C@H](CC(=O)OCc2cccc3ccccc23)[C@@H]1C[N+](=O)[O-]. The fourth-order valence-electron chi connectivity index (χ4n) is 3.82. The molecule has 1 aliphatic carbocycles. The van der Waals surface area contributed by atoms with Crippen LogP contribution in [0, 0.1) is 27.9 Å². The van der Waals surface area contributed by atoms with Gasteiger partial charge in [0.25, 0.3) is 0 Å². The van der Waals surface area contributed by atoms with E-state index in [-0.39, 0.29) is 31.3 Å². The van der Waals surface area contributed by atoms with Crippen molar-refractivity contribution in [1.29, 1.82) is 0 Å². The van der Waals surface area contributed by atoms with Crippen molar-refractivity contribution in [2.75, 3.05) is 6.54 Å². The van der Waals surface area contributed by atoms with Gasteiger partial charge in [-0.25, -0.2) is 0 Å². The molecule has 0 unspecified atom stereocenters. The summed E-state index contributed by atoms with van der Waals surface area (Å²) in [7, 11) is 0. The molecule has 0 radical (unpaired) electrons. The lowest BCUT2D eigenvalue weighted by atomic mass is 9.88. The number of esters is 1. The summed E-state index contributed by atoms with van der Waals surface area (Å²) < 4.78 is 5.37. The van der Waals surface area contributed by atoms with Crippen molar-refractivity contribution in [2.45, 2.75) is 26.4 Å². The van der Waals surface area contributed by atoms with Crippen LogP contribution < -0.4 is 0 Å². The van der Waals surface area contributed by atoms with E-state index in [1.807, 2.05) is 49.4 Å². The number of carbonyl (C=O) groups is 2. The minimum absolute atomic E-state index is 0.0774. The first kappa shape index (κ1) is 18.0. The van der Waals surface area contributed by atoms with E-state index in [4.69, 9.17) is 4.74 Å². The summed E-state index contributed by atoms with van der Waals surface area (Å²) in [5.74, 6) is -1.66. The molecule has 6 heteroatoms. The minimum Gasteiger partial charge on any atom is -0.461 e. The number of fused-ring (bicyclic) bond motifs is 1. The molecule has 6 nitrogen and oxygen atoms in total. The van der Waals surface area contributed by atoms with Gasteiger partial charge in [-0.05, 0) is 22.3 Å². The maximum Gasteiger partial charge on any atom is 0.306 e. The molecule has 0 aliphatic heterocycles. The van der Waals surface area contributed by atoms with E-state index >= 15 is 0 Å². The molecule has 136 valence electrons. The number of benzene rings is 2. The predicted molar refractivity (Wildman–Crippen MR) is 96.0 cm³/mol. The van der Waals surface area contributed by atoms with Gasteiger partial charge in [-0.3, -0.25) is 19.7 Å². The van der Waals surface area contributed by atoms with Gasteiger partial charge in [-0.2, -0.15) is 0 Å². The van der Waals surface area contributed by atoms with Gasteiger partial charge >= 0.3 is 5.97 Å². The van der Waals surface area contributed by atoms with Crippen LogP contribution in [-0.2, 0) is 20.9 Å². The molecular formula is C20H21NO5. The van der Waals surface area contributed by atoms with Gasteiger partial charge in [0.15, 0.2) is 0 Å². The molecule has 0 spiro atoms. The van der Waals surface area contributed by atoms with Crippen LogP contribution in [0.1, 0.15) is 25.3 Å². The van der Waals surface area contributed by atoms with Crippen LogP contribution in [0.25, 0.3) is 10.8 Å². The topological polar surface area (TPSA) is 86.5 Å². The molecule has 0 saturated heterocycles. The summed E-state index contributed by atoms with van der Waals surface area (Å²) in [5.41, 5.74) is 0.893. The fourth-order valence-corrected chi connectivity index (χ4v) is 3.82. The first-order valence-corrected chi connectivity index (χ1v) is 8.72. The predicted octanol–water partition coefficient (Wildman–Crippen LogP) is 3.39. The molecule has 1 fully saturated rings. The fraction of sp³-hybridized carbons (Fsp3) is 0.400. The monoisotopic (exact) mass is 355 g/mol. The average molecular weight is 355 g/mol. The van der Waals surface area contributed by atoms with E-state index in [1.54, 1.807) is 0 Å². The van der Waals surface area contributed by atoms with Gasteiger partial charge < -0.3 is 4.74 Å². The van der Waals surface area contributed by atoms with E-state index in [9.17, 15) is 19.7 Å². The molecule has 1 saturated carbocycles. The van der Waals surface area contributed by atoms with Crippen molar-refractivity contribution >= 4 is 22.5 Å². The molecule has 2 aromatic carbocycles. The van der Waals surface area contributed by atoms with Crippen LogP contribution in [0.3, 0.4) is 0 Å². The Labute approximate surface area is 151 Å². The molecule has 3 rings (SSSR count). The van der Waals surface area contributed by atoms with Gasteiger partial charge in [0.05, 0.1) is 6.42 Å². The molecule has 1 aliphatic rings. The Kier molecular flexibility index (Phi) is 5.30. The van der Waals surface area contributed by atoms with Crippen LogP contribution in [0.5, 0.6) is 0 Å². The first-order valence-electron chi connectivity index (χ1n) is 8.72. The molecule has 2 aromatic rings. The van der Waals surface area contributed by atoms with Crippen LogP contribution in [0.4, 0.5) is 0 Å². The zero-order chi connectivity index (χ0) is 18.7. The Morgan fingerprint density at radius 3 is 2.73 bits per heavy atom. The van der Waals surface area contributed by atoms with E-state index in [1.165, 1.54) is 0 Å². The number of nitro groups is 1. The Morgan fingerprint density at radius 2 is 1.96 bits per heavy atom. The van der Waals surface area contributed by atoms with Crippen molar-refractivity contribution in [3.05, 3.63) is 58.1 Å². The normalized spacial score (nSPS) is 22.5. The van der Waals surface area contributed by atoms with Crippen LogP contribution in [0.2, 0.25) is 0 Å². The van der Waals surface area contributed by atoms with Crippen molar-refractivity contribution in [3.63, 3.8) is 0 Å². The van der Waals surface area contributed by atoms with Crippen molar-refractivity contribution in [3.8, 4) is 0 Å². The van der Waals surface area contributed by atoms with Gasteiger partial charge in [-0.15, -0.1) is 0 Å². The first-order chi connectivity index (χ1) is 12.5. The lowest BCUT2D eigenvalue weighted by molar-refractivity contribution is -0.490. The van der Waals surface area contributed by atoms with Gasteiger partial charge in [0.1, 0.15) is 12.4 Å². The molecular weight excluding hydrogens is 334 g/mol. The zero-order valence-electron chi connectivity index (χ0n) is 14.6. The highest BCUT2D eigenvalue weighted by molar-refractivity contribution is 5.88. The highest BCUT2D eigenvalue weighted by atomic mass is 16.6. The number of carbonyl (C=O) groups excluding carboxylic acids is 2. The van der Waals surface area contributed by atoms with E-state index < -0.39 is 22.7 Å². The molecule has 0 N–H and O–H groups in total. The number of hydrogen-bond acceptors (Lipinski definition) is 5. The highest BCUT2D eigenvalue weighted by Gasteiger charge is 2.44. The molecule has 0 aromatic heterocycles. The van der Waals surface area contributed by atoms with Gasteiger partial charge in [0, 0.05) is 23.2 Å². The molecule has 3 atom stereocenters. The van der Waals surface area contributed by atoms with E-state index in [0.717, 1.165) is 16.3 Å². The third kappa shape index (κ3) is 3.90. The standard InChI is InChI=1S/C20H21NO5/c1-13-9-19(22)17(18(13)11-21(24)25)10-20(23)26-12-15-7-4-6-14-5-2-3-8-16(14)15/h2-8,13,17-18H,9-12H2,1H3/t13-,17-,18-/m1/s1. The second-order valence-electron chi connectivity index (χ2n) is 6.94. The largest absolute Gasteiger partial charge is 0.461 e. The summed E-state index contributed by atoms with van der Waals surface area (Å²) in [6.45, 7) is 1.66. The third-order valence-corrected chi connectivity index (χ3v) is 5.20. The van der Waals surface area contributed by atoms with Crippen LogP contribution in [0.15, 0.2) is 42.5 Å². The van der Waals surface area contributed by atoms with Gasteiger partial charge in [0.2, 0.25) is 6.54 Å². The summed E-state index contributed by atoms with van der Waals surface area (Å²) in [4.78, 5) is 34.8. The third-order valence-electron chi connectivity index (χ3n) is 5.20. The number of ketones is 1. The summed E-state index contributed by atoms with van der Waals surface area (Å²) in [5, 5.41) is 12.9. The second kappa shape index (κ2) is 7.64.